The second kappa shape index (κ2) is 7.16. The summed E-state index contributed by atoms with van der Waals surface area (Å²) >= 11 is 0. The molecule has 0 saturated carbocycles. The van der Waals surface area contributed by atoms with Crippen LogP contribution in [0.25, 0.3) is 5.57 Å². The standard InChI is InChI=1S/C16H21FN6O2/c1-20-5-8(4-18)14-12-9(6-21-16(12)24)13(17)15(23-14)22-11-2-3-25-7-10(11)19/h4-5,10-11H,2-3,6-7,18-19H2,1H3,(H,21,24)(H,22,23)/t10-,11?/m0/s1. The van der Waals surface area contributed by atoms with Crippen LogP contribution in [0, 0.1) is 5.82 Å². The van der Waals surface area contributed by atoms with E-state index in [0.29, 0.717) is 30.9 Å². The van der Waals surface area contributed by atoms with E-state index in [1.165, 1.54) is 12.4 Å². The van der Waals surface area contributed by atoms with Crippen molar-refractivity contribution >= 4 is 23.5 Å². The highest BCUT2D eigenvalue weighted by Gasteiger charge is 2.32. The van der Waals surface area contributed by atoms with Crippen LogP contribution in [-0.2, 0) is 11.3 Å². The van der Waals surface area contributed by atoms with Gasteiger partial charge in [0.15, 0.2) is 11.6 Å². The topological polar surface area (TPSA) is 128 Å². The smallest absolute Gasteiger partial charge is 0.254 e. The number of nitrogens with zero attached hydrogens (tertiary/aromatic N) is 2. The van der Waals surface area contributed by atoms with E-state index in [9.17, 15) is 9.18 Å². The Morgan fingerprint density at radius 2 is 2.36 bits per heavy atom. The van der Waals surface area contributed by atoms with Crippen LogP contribution >= 0.6 is 0 Å². The summed E-state index contributed by atoms with van der Waals surface area (Å²) in [4.78, 5) is 20.4. The summed E-state index contributed by atoms with van der Waals surface area (Å²) < 4.78 is 20.2. The summed E-state index contributed by atoms with van der Waals surface area (Å²) in [5.41, 5.74) is 12.9. The van der Waals surface area contributed by atoms with E-state index in [0.717, 1.165) is 0 Å². The minimum absolute atomic E-state index is 0.0523. The minimum atomic E-state index is -0.555. The molecule has 1 saturated heterocycles. The molecule has 1 fully saturated rings. The van der Waals surface area contributed by atoms with Gasteiger partial charge in [0.05, 0.1) is 17.9 Å². The summed E-state index contributed by atoms with van der Waals surface area (Å²) in [5.74, 6) is -0.883. The number of halogens is 1. The molecule has 0 aromatic carbocycles. The van der Waals surface area contributed by atoms with E-state index in [1.807, 2.05) is 0 Å². The lowest BCUT2D eigenvalue weighted by Crippen LogP contribution is -2.48. The van der Waals surface area contributed by atoms with Gasteiger partial charge in [-0.3, -0.25) is 9.79 Å². The Bertz CT molecular complexity index is 749. The van der Waals surface area contributed by atoms with Crippen LogP contribution in [0.2, 0.25) is 0 Å². The summed E-state index contributed by atoms with van der Waals surface area (Å²) in [5, 5.41) is 5.69. The molecule has 1 aromatic rings. The lowest BCUT2D eigenvalue weighted by Gasteiger charge is -2.30. The molecule has 9 heteroatoms. The Balaban J connectivity index is 2.06. The number of nitrogens with one attached hydrogen (secondary N) is 2. The minimum Gasteiger partial charge on any atom is -0.404 e. The van der Waals surface area contributed by atoms with Crippen LogP contribution in [-0.4, -0.2) is 49.5 Å². The van der Waals surface area contributed by atoms with E-state index in [-0.39, 0.29) is 41.5 Å². The normalized spacial score (nSPS) is 23.6. The summed E-state index contributed by atoms with van der Waals surface area (Å²) in [6.45, 7) is 1.04. The molecule has 25 heavy (non-hydrogen) atoms. The van der Waals surface area contributed by atoms with Crippen molar-refractivity contribution in [2.45, 2.75) is 25.0 Å². The van der Waals surface area contributed by atoms with Gasteiger partial charge in [-0.05, 0) is 6.42 Å². The Labute approximate surface area is 144 Å². The maximum Gasteiger partial charge on any atom is 0.254 e. The summed E-state index contributed by atoms with van der Waals surface area (Å²) in [6.07, 6.45) is 3.42. The van der Waals surface area contributed by atoms with Gasteiger partial charge in [0.25, 0.3) is 5.91 Å². The number of aromatic nitrogens is 1. The predicted molar refractivity (Wildman–Crippen MR) is 92.8 cm³/mol. The molecule has 0 spiro atoms. The van der Waals surface area contributed by atoms with Gasteiger partial charge in [-0.2, -0.15) is 0 Å². The maximum atomic E-state index is 14.9. The number of hydrogen-bond donors (Lipinski definition) is 4. The van der Waals surface area contributed by atoms with Gasteiger partial charge in [0, 0.05) is 55.8 Å². The van der Waals surface area contributed by atoms with Crippen molar-refractivity contribution < 1.29 is 13.9 Å². The zero-order valence-electron chi connectivity index (χ0n) is 13.9. The average molecular weight is 348 g/mol. The third-order valence-electron chi connectivity index (χ3n) is 4.33. The van der Waals surface area contributed by atoms with Crippen LogP contribution in [0.4, 0.5) is 10.2 Å². The molecule has 1 aromatic heterocycles. The molecule has 3 heterocycles. The first kappa shape index (κ1) is 17.3. The molecule has 2 aliphatic heterocycles. The van der Waals surface area contributed by atoms with Crippen LogP contribution in [0.3, 0.4) is 0 Å². The third-order valence-corrected chi connectivity index (χ3v) is 4.33. The number of carbonyl (C=O) groups is 1. The van der Waals surface area contributed by atoms with Crippen molar-refractivity contribution in [3.05, 3.63) is 28.8 Å². The zero-order valence-corrected chi connectivity index (χ0v) is 13.9. The second-order valence-corrected chi connectivity index (χ2v) is 5.95. The Kier molecular flexibility index (Phi) is 4.95. The number of allylic oxidation sites excluding steroid dienone is 1. The monoisotopic (exact) mass is 348 g/mol. The van der Waals surface area contributed by atoms with Gasteiger partial charge in [0.2, 0.25) is 0 Å². The second-order valence-electron chi connectivity index (χ2n) is 5.95. The first-order valence-electron chi connectivity index (χ1n) is 8.01. The number of carbonyl (C=O) groups excluding carboxylic acids is 1. The van der Waals surface area contributed by atoms with E-state index in [2.05, 4.69) is 20.6 Å². The molecular weight excluding hydrogens is 327 g/mol. The van der Waals surface area contributed by atoms with Gasteiger partial charge in [-0.15, -0.1) is 0 Å². The van der Waals surface area contributed by atoms with Crippen LogP contribution in [0.15, 0.2) is 11.2 Å². The highest BCUT2D eigenvalue weighted by Crippen LogP contribution is 2.30. The average Bonchev–Trinajstić information content (AvgIpc) is 3.00. The number of hydrogen-bond acceptors (Lipinski definition) is 7. The van der Waals surface area contributed by atoms with Gasteiger partial charge < -0.3 is 26.8 Å². The number of rotatable bonds is 4. The van der Waals surface area contributed by atoms with Gasteiger partial charge in [-0.25, -0.2) is 9.37 Å². The van der Waals surface area contributed by atoms with Gasteiger partial charge in [0.1, 0.15) is 0 Å². The fraction of sp³-hybridized carbons (Fsp3) is 0.438. The fourth-order valence-corrected chi connectivity index (χ4v) is 3.02. The number of ether oxygens (including phenoxy) is 1. The first-order chi connectivity index (χ1) is 12.1. The Morgan fingerprint density at radius 3 is 3.04 bits per heavy atom. The first-order valence-corrected chi connectivity index (χ1v) is 8.01. The fourth-order valence-electron chi connectivity index (χ4n) is 3.02. The number of nitrogens with two attached hydrogens (primary N) is 2. The number of amides is 1. The summed E-state index contributed by atoms with van der Waals surface area (Å²) in [6, 6.07) is -0.440. The van der Waals surface area contributed by atoms with E-state index >= 15 is 0 Å². The number of anilines is 1. The van der Waals surface area contributed by atoms with E-state index in [4.69, 9.17) is 16.2 Å². The zero-order chi connectivity index (χ0) is 18.0. The van der Waals surface area contributed by atoms with Crippen molar-refractivity contribution in [3.63, 3.8) is 0 Å². The van der Waals surface area contributed by atoms with Crippen molar-refractivity contribution in [3.8, 4) is 0 Å². The molecule has 1 unspecified atom stereocenters. The molecule has 1 amide bonds. The maximum absolute atomic E-state index is 14.9. The van der Waals surface area contributed by atoms with Crippen molar-refractivity contribution in [1.82, 2.24) is 10.3 Å². The predicted octanol–water partition coefficient (Wildman–Crippen LogP) is -0.00760. The van der Waals surface area contributed by atoms with Crippen LogP contribution in [0.5, 0.6) is 0 Å². The van der Waals surface area contributed by atoms with Crippen molar-refractivity contribution in [2.24, 2.45) is 16.5 Å². The molecule has 134 valence electrons. The number of pyridine rings is 1. The largest absolute Gasteiger partial charge is 0.404 e. The van der Waals surface area contributed by atoms with Crippen LogP contribution < -0.4 is 22.1 Å². The lowest BCUT2D eigenvalue weighted by molar-refractivity contribution is 0.0751. The molecule has 0 radical (unpaired) electrons. The molecule has 6 N–H and O–H groups in total. The number of fused-ring (bicyclic) bond motifs is 1. The van der Waals surface area contributed by atoms with Gasteiger partial charge >= 0.3 is 0 Å². The lowest BCUT2D eigenvalue weighted by atomic mass is 10.0. The van der Waals surface area contributed by atoms with E-state index in [1.54, 1.807) is 7.05 Å². The summed E-state index contributed by atoms with van der Waals surface area (Å²) in [7, 11) is 1.58. The highest BCUT2D eigenvalue weighted by molar-refractivity contribution is 6.14. The Morgan fingerprint density at radius 1 is 1.56 bits per heavy atom. The molecule has 0 aliphatic carbocycles. The Hall–Kier alpha value is -2.52. The molecule has 3 rings (SSSR count). The highest BCUT2D eigenvalue weighted by atomic mass is 19.1. The van der Waals surface area contributed by atoms with Crippen LogP contribution in [0.1, 0.15) is 28.0 Å². The molecule has 2 atom stereocenters. The SMILES string of the molecule is CN=CC(=CN)c1nc(NC2CCOC[C@@H]2N)c(F)c2c1C(=O)NC2. The van der Waals surface area contributed by atoms with Gasteiger partial charge in [-0.1, -0.05) is 0 Å². The molecule has 8 nitrogen and oxygen atoms in total. The molecule has 0 bridgehead atoms. The molecular formula is C16H21FN6O2. The van der Waals surface area contributed by atoms with Crippen molar-refractivity contribution in [1.29, 1.82) is 0 Å². The quantitative estimate of drug-likeness (QED) is 0.567. The van der Waals surface area contributed by atoms with E-state index < -0.39 is 5.82 Å². The number of aliphatic imine (C=N–C) groups is 1. The molecule has 2 aliphatic rings. The third kappa shape index (κ3) is 3.20. The van der Waals surface area contributed by atoms with Crippen molar-refractivity contribution in [2.75, 3.05) is 25.6 Å².